The van der Waals surface area contributed by atoms with E-state index in [0.717, 1.165) is 43.2 Å². The maximum atomic E-state index is 5.46. The first-order chi connectivity index (χ1) is 17.1. The lowest BCUT2D eigenvalue weighted by molar-refractivity contribution is 0.209. The van der Waals surface area contributed by atoms with Crippen molar-refractivity contribution in [2.24, 2.45) is 0 Å². The summed E-state index contributed by atoms with van der Waals surface area (Å²) in [6.45, 7) is 8.81. The van der Waals surface area contributed by atoms with Crippen molar-refractivity contribution in [2.45, 2.75) is 19.9 Å². The molecule has 5 rings (SSSR count). The first-order valence-electron chi connectivity index (χ1n) is 11.7. The van der Waals surface area contributed by atoms with E-state index in [2.05, 4.69) is 73.3 Å². The predicted octanol–water partition coefficient (Wildman–Crippen LogP) is 3.48. The van der Waals surface area contributed by atoms with Gasteiger partial charge >= 0.3 is 6.01 Å². The van der Waals surface area contributed by atoms with Crippen LogP contribution in [0, 0.1) is 0 Å². The van der Waals surface area contributed by atoms with Crippen molar-refractivity contribution >= 4 is 22.7 Å². The highest BCUT2D eigenvalue weighted by Gasteiger charge is 2.19. The Labute approximate surface area is 204 Å². The lowest BCUT2D eigenvalue weighted by Crippen LogP contribution is -2.48. The minimum atomic E-state index is 0.240. The summed E-state index contributed by atoms with van der Waals surface area (Å²) < 4.78 is 12.3. The molecule has 0 aliphatic carbocycles. The fourth-order valence-electron chi connectivity index (χ4n) is 4.40. The van der Waals surface area contributed by atoms with Crippen molar-refractivity contribution in [3.8, 4) is 23.1 Å². The van der Waals surface area contributed by atoms with Gasteiger partial charge in [0.15, 0.2) is 5.65 Å². The summed E-state index contributed by atoms with van der Waals surface area (Å²) in [5.74, 6) is 0.402. The molecular formula is C25H30N8O2. The van der Waals surface area contributed by atoms with Crippen molar-refractivity contribution in [1.29, 1.82) is 0 Å². The molecule has 4 heterocycles. The van der Waals surface area contributed by atoms with Gasteiger partial charge in [-0.3, -0.25) is 4.90 Å². The molecule has 0 radical (unpaired) electrons. The van der Waals surface area contributed by atoms with Crippen LogP contribution in [0.25, 0.3) is 16.9 Å². The lowest BCUT2D eigenvalue weighted by Gasteiger charge is -2.38. The second kappa shape index (κ2) is 9.75. The Morgan fingerprint density at radius 2 is 1.69 bits per heavy atom. The Hall–Kier alpha value is -3.92. The topological polar surface area (TPSA) is 92.9 Å². The Bertz CT molecular complexity index is 1300. The van der Waals surface area contributed by atoms with Gasteiger partial charge in [-0.05, 0) is 50.2 Å². The van der Waals surface area contributed by atoms with Crippen molar-refractivity contribution in [3.63, 3.8) is 0 Å². The van der Waals surface area contributed by atoms with Crippen LogP contribution in [0.1, 0.15) is 13.8 Å². The minimum absolute atomic E-state index is 0.240. The van der Waals surface area contributed by atoms with Crippen LogP contribution < -0.4 is 19.7 Å². The first kappa shape index (κ1) is 22.9. The summed E-state index contributed by atoms with van der Waals surface area (Å²) >= 11 is 0. The van der Waals surface area contributed by atoms with Crippen LogP contribution >= 0.6 is 0 Å². The van der Waals surface area contributed by atoms with E-state index < -0.39 is 0 Å². The summed E-state index contributed by atoms with van der Waals surface area (Å²) in [6.07, 6.45) is 3.19. The molecule has 1 fully saturated rings. The van der Waals surface area contributed by atoms with Gasteiger partial charge in [-0.2, -0.15) is 10.1 Å². The monoisotopic (exact) mass is 474 g/mol. The van der Waals surface area contributed by atoms with Crippen molar-refractivity contribution < 1.29 is 9.47 Å². The highest BCUT2D eigenvalue weighted by Crippen LogP contribution is 2.32. The molecule has 1 aromatic carbocycles. The smallest absolute Gasteiger partial charge is 0.319 e. The number of methoxy groups -OCH3 is 2. The molecule has 0 atom stereocenters. The van der Waals surface area contributed by atoms with Crippen LogP contribution in [-0.4, -0.2) is 75.9 Å². The summed E-state index contributed by atoms with van der Waals surface area (Å²) in [7, 11) is 3.08. The second-order valence-electron chi connectivity index (χ2n) is 8.70. The van der Waals surface area contributed by atoms with E-state index in [9.17, 15) is 0 Å². The van der Waals surface area contributed by atoms with Gasteiger partial charge in [0.05, 0.1) is 31.2 Å². The van der Waals surface area contributed by atoms with Crippen LogP contribution in [0.3, 0.4) is 0 Å². The van der Waals surface area contributed by atoms with Crippen LogP contribution in [0.4, 0.5) is 17.1 Å². The number of hydrogen-bond acceptors (Lipinski definition) is 9. The number of nitrogens with zero attached hydrogens (tertiary/aromatic N) is 7. The number of fused-ring (bicyclic) bond motifs is 1. The van der Waals surface area contributed by atoms with Gasteiger partial charge < -0.3 is 19.7 Å². The van der Waals surface area contributed by atoms with Crippen molar-refractivity contribution in [3.05, 3.63) is 48.9 Å². The Kier molecular flexibility index (Phi) is 6.37. The number of rotatable bonds is 7. The maximum absolute atomic E-state index is 5.46. The summed E-state index contributed by atoms with van der Waals surface area (Å²) in [5, 5.41) is 7.90. The zero-order valence-corrected chi connectivity index (χ0v) is 20.5. The third-order valence-corrected chi connectivity index (χ3v) is 6.36. The average Bonchev–Trinajstić information content (AvgIpc) is 3.40. The van der Waals surface area contributed by atoms with Crippen molar-refractivity contribution in [1.82, 2.24) is 29.5 Å². The predicted molar refractivity (Wildman–Crippen MR) is 136 cm³/mol. The number of nitrogens with one attached hydrogen (secondary N) is 1. The zero-order valence-electron chi connectivity index (χ0n) is 20.5. The highest BCUT2D eigenvalue weighted by atomic mass is 16.5. The zero-order chi connectivity index (χ0) is 24.4. The van der Waals surface area contributed by atoms with E-state index in [1.165, 1.54) is 19.1 Å². The fraction of sp³-hybridized carbons (Fsp3) is 0.360. The minimum Gasteiger partial charge on any atom is -0.480 e. The number of aromatic nitrogens is 5. The summed E-state index contributed by atoms with van der Waals surface area (Å²) in [5.41, 5.74) is 5.22. The third kappa shape index (κ3) is 4.57. The molecule has 1 aliphatic rings. The van der Waals surface area contributed by atoms with Gasteiger partial charge in [0.1, 0.15) is 6.33 Å². The normalized spacial score (nSPS) is 14.5. The quantitative estimate of drug-likeness (QED) is 0.432. The molecule has 1 saturated heterocycles. The number of anilines is 3. The van der Waals surface area contributed by atoms with E-state index in [-0.39, 0.29) is 6.01 Å². The van der Waals surface area contributed by atoms with Crippen LogP contribution in [-0.2, 0) is 0 Å². The Balaban J connectivity index is 1.36. The maximum Gasteiger partial charge on any atom is 0.319 e. The molecule has 0 unspecified atom stereocenters. The van der Waals surface area contributed by atoms with Crippen molar-refractivity contribution in [2.75, 3.05) is 50.6 Å². The van der Waals surface area contributed by atoms with E-state index in [1.54, 1.807) is 17.8 Å². The molecule has 0 spiro atoms. The van der Waals surface area contributed by atoms with E-state index in [1.807, 2.05) is 12.1 Å². The highest BCUT2D eigenvalue weighted by molar-refractivity contribution is 5.78. The Morgan fingerprint density at radius 3 is 2.37 bits per heavy atom. The molecular weight excluding hydrogens is 444 g/mol. The first-order valence-corrected chi connectivity index (χ1v) is 11.7. The number of benzene rings is 1. The molecule has 1 N–H and O–H groups in total. The van der Waals surface area contributed by atoms with Gasteiger partial charge in [-0.25, -0.2) is 14.5 Å². The van der Waals surface area contributed by atoms with Gasteiger partial charge in [0.25, 0.3) is 0 Å². The molecule has 0 bridgehead atoms. The van der Waals surface area contributed by atoms with E-state index >= 15 is 0 Å². The van der Waals surface area contributed by atoms with Crippen LogP contribution in [0.15, 0.2) is 48.9 Å². The standard InChI is InChI=1S/C25H30N8O2/c1-17(2)31-11-13-32(14-12-31)19-7-5-18(6-8-19)29-21-9-10-22(33-23(21)27-16-28-33)20-15-26-25(35-4)30-24(20)34-3/h5-10,15-17,29H,11-14H2,1-4H3. The lowest BCUT2D eigenvalue weighted by atomic mass is 10.2. The largest absolute Gasteiger partial charge is 0.480 e. The van der Waals surface area contributed by atoms with Crippen LogP contribution in [0.5, 0.6) is 11.9 Å². The fourth-order valence-corrected chi connectivity index (χ4v) is 4.40. The van der Waals surface area contributed by atoms with Gasteiger partial charge in [0, 0.05) is 49.8 Å². The summed E-state index contributed by atoms with van der Waals surface area (Å²) in [6, 6.07) is 13.3. The molecule has 4 aromatic rings. The molecule has 10 heteroatoms. The van der Waals surface area contributed by atoms with E-state index in [4.69, 9.17) is 9.47 Å². The van der Waals surface area contributed by atoms with Gasteiger partial charge in [-0.15, -0.1) is 0 Å². The summed E-state index contributed by atoms with van der Waals surface area (Å²) in [4.78, 5) is 18.0. The molecule has 10 nitrogen and oxygen atoms in total. The molecule has 0 saturated carbocycles. The average molecular weight is 475 g/mol. The Morgan fingerprint density at radius 1 is 0.914 bits per heavy atom. The van der Waals surface area contributed by atoms with Crippen LogP contribution in [0.2, 0.25) is 0 Å². The van der Waals surface area contributed by atoms with Gasteiger partial charge in [-0.1, -0.05) is 0 Å². The number of piperazine rings is 1. The third-order valence-electron chi connectivity index (χ3n) is 6.36. The number of ether oxygens (including phenoxy) is 2. The molecule has 35 heavy (non-hydrogen) atoms. The molecule has 3 aromatic heterocycles. The molecule has 1 aliphatic heterocycles. The SMILES string of the molecule is COc1ncc(-c2ccc(Nc3ccc(N4CCN(C(C)C)CC4)cc3)c3ncnn23)c(OC)n1. The molecule has 0 amide bonds. The second-order valence-corrected chi connectivity index (χ2v) is 8.70. The number of hydrogen-bond donors (Lipinski definition) is 1. The van der Waals surface area contributed by atoms with Gasteiger partial charge in [0.2, 0.25) is 5.88 Å². The molecule has 182 valence electrons. The number of pyridine rings is 1. The van der Waals surface area contributed by atoms with E-state index in [0.29, 0.717) is 23.1 Å².